The second-order valence-electron chi connectivity index (χ2n) is 9.04. The van der Waals surface area contributed by atoms with E-state index in [-0.39, 0.29) is 17.6 Å². The van der Waals surface area contributed by atoms with Gasteiger partial charge in [0.15, 0.2) is 0 Å². The molecule has 3 aromatic rings. The first kappa shape index (κ1) is 21.6. The van der Waals surface area contributed by atoms with E-state index in [1.165, 1.54) is 23.4 Å². The number of aryl methyl sites for hydroxylation is 1. The number of aromatic nitrogens is 2. The fourth-order valence-electron chi connectivity index (χ4n) is 4.99. The topological polar surface area (TPSA) is 61.4 Å². The van der Waals surface area contributed by atoms with Crippen molar-refractivity contribution in [2.75, 3.05) is 42.5 Å². The molecule has 2 aliphatic rings. The lowest BCUT2D eigenvalue weighted by molar-refractivity contribution is -0.125. The molecule has 0 unspecified atom stereocenters. The van der Waals surface area contributed by atoms with Crippen molar-refractivity contribution in [3.05, 3.63) is 59.5 Å². The van der Waals surface area contributed by atoms with Gasteiger partial charge in [-0.1, -0.05) is 18.2 Å². The molecule has 0 aliphatic carbocycles. The number of amides is 1. The van der Waals surface area contributed by atoms with Gasteiger partial charge >= 0.3 is 0 Å². The van der Waals surface area contributed by atoms with E-state index < -0.39 is 0 Å². The van der Waals surface area contributed by atoms with Gasteiger partial charge in [0.05, 0.1) is 11.2 Å². The molecule has 7 heteroatoms. The highest BCUT2D eigenvalue weighted by Crippen LogP contribution is 2.27. The molecule has 172 valence electrons. The number of benzene rings is 2. The summed E-state index contributed by atoms with van der Waals surface area (Å²) in [6.07, 6.45) is 3.63. The minimum absolute atomic E-state index is 0.0319. The number of rotatable bonds is 6. The Morgan fingerprint density at radius 3 is 2.79 bits per heavy atom. The van der Waals surface area contributed by atoms with Crippen LogP contribution in [0.25, 0.3) is 10.9 Å². The number of anilines is 2. The Kier molecular flexibility index (Phi) is 6.11. The number of carbonyl (C=O) groups is 1. The summed E-state index contributed by atoms with van der Waals surface area (Å²) in [6.45, 7) is 6.12. The van der Waals surface area contributed by atoms with E-state index in [0.717, 1.165) is 68.5 Å². The number of fused-ring (bicyclic) bond motifs is 2. The number of hydrogen-bond acceptors (Lipinski definition) is 5. The second-order valence-corrected chi connectivity index (χ2v) is 9.04. The predicted octanol–water partition coefficient (Wildman–Crippen LogP) is 3.86. The molecule has 0 saturated carbocycles. The molecular weight excluding hydrogens is 417 g/mol. The molecule has 1 amide bonds. The Balaban J connectivity index is 1.09. The Hall–Kier alpha value is -3.22. The minimum atomic E-state index is -0.279. The third kappa shape index (κ3) is 4.63. The first-order chi connectivity index (χ1) is 16.1. The quantitative estimate of drug-likeness (QED) is 0.582. The molecule has 1 saturated heterocycles. The summed E-state index contributed by atoms with van der Waals surface area (Å²) in [7, 11) is 0. The average Bonchev–Trinajstić information content (AvgIpc) is 3.25. The van der Waals surface area contributed by atoms with Gasteiger partial charge in [-0.3, -0.25) is 4.79 Å². The summed E-state index contributed by atoms with van der Waals surface area (Å²) in [5.41, 5.74) is 4.29. The summed E-state index contributed by atoms with van der Waals surface area (Å²) in [5.74, 6) is 0.572. The molecule has 1 aromatic heterocycles. The standard InChI is InChI=1S/C26H30FN5O/c1-18-22-17-21(27)7-8-23(22)30-26(29-18)32-15-10-20(11-16-32)25(33)28-12-4-13-31-14-9-19-5-2-3-6-24(19)31/h2-3,5-8,17,20H,4,9-16H2,1H3,(H,28,33). The molecule has 6 nitrogen and oxygen atoms in total. The van der Waals surface area contributed by atoms with E-state index in [4.69, 9.17) is 0 Å². The van der Waals surface area contributed by atoms with Gasteiger partial charge in [-0.05, 0) is 62.4 Å². The Morgan fingerprint density at radius 2 is 1.94 bits per heavy atom. The Labute approximate surface area is 193 Å². The van der Waals surface area contributed by atoms with E-state index in [0.29, 0.717) is 12.5 Å². The van der Waals surface area contributed by atoms with Gasteiger partial charge in [0, 0.05) is 49.7 Å². The molecule has 0 spiro atoms. The molecule has 0 bridgehead atoms. The van der Waals surface area contributed by atoms with Crippen LogP contribution in [0.15, 0.2) is 42.5 Å². The van der Waals surface area contributed by atoms with Crippen LogP contribution < -0.4 is 15.1 Å². The fourth-order valence-corrected chi connectivity index (χ4v) is 4.99. The summed E-state index contributed by atoms with van der Waals surface area (Å²) in [5, 5.41) is 3.88. The summed E-state index contributed by atoms with van der Waals surface area (Å²) in [4.78, 5) is 26.5. The maximum absolute atomic E-state index is 13.5. The van der Waals surface area contributed by atoms with E-state index in [1.54, 1.807) is 6.07 Å². The molecule has 1 N–H and O–H groups in total. The van der Waals surface area contributed by atoms with Gasteiger partial charge in [0.2, 0.25) is 11.9 Å². The van der Waals surface area contributed by atoms with Crippen LogP contribution >= 0.6 is 0 Å². The van der Waals surface area contributed by atoms with Gasteiger partial charge in [-0.2, -0.15) is 0 Å². The molecule has 0 radical (unpaired) electrons. The zero-order valence-electron chi connectivity index (χ0n) is 19.1. The van der Waals surface area contributed by atoms with Crippen LogP contribution in [0.1, 0.15) is 30.5 Å². The van der Waals surface area contributed by atoms with Gasteiger partial charge in [-0.25, -0.2) is 14.4 Å². The Bertz CT molecular complexity index is 1160. The van der Waals surface area contributed by atoms with Crippen molar-refractivity contribution in [2.24, 2.45) is 5.92 Å². The van der Waals surface area contributed by atoms with E-state index >= 15 is 0 Å². The van der Waals surface area contributed by atoms with Gasteiger partial charge in [-0.15, -0.1) is 0 Å². The maximum atomic E-state index is 13.5. The van der Waals surface area contributed by atoms with Crippen LogP contribution in [0.5, 0.6) is 0 Å². The highest BCUT2D eigenvalue weighted by Gasteiger charge is 2.26. The summed E-state index contributed by atoms with van der Waals surface area (Å²) >= 11 is 0. The van der Waals surface area contributed by atoms with Crippen LogP contribution in [-0.4, -0.2) is 48.6 Å². The van der Waals surface area contributed by atoms with Crippen molar-refractivity contribution in [1.29, 1.82) is 0 Å². The molecule has 5 rings (SSSR count). The van der Waals surface area contributed by atoms with Crippen LogP contribution in [0.4, 0.5) is 16.0 Å². The molecule has 0 atom stereocenters. The van der Waals surface area contributed by atoms with Crippen LogP contribution in [0.3, 0.4) is 0 Å². The number of para-hydroxylation sites is 1. The van der Waals surface area contributed by atoms with Crippen molar-refractivity contribution in [3.63, 3.8) is 0 Å². The maximum Gasteiger partial charge on any atom is 0.226 e. The molecular formula is C26H30FN5O. The van der Waals surface area contributed by atoms with Crippen molar-refractivity contribution < 1.29 is 9.18 Å². The third-order valence-electron chi connectivity index (χ3n) is 6.87. The third-order valence-corrected chi connectivity index (χ3v) is 6.87. The van der Waals surface area contributed by atoms with Crippen molar-refractivity contribution >= 4 is 28.4 Å². The second kappa shape index (κ2) is 9.33. The highest BCUT2D eigenvalue weighted by molar-refractivity contribution is 5.82. The lowest BCUT2D eigenvalue weighted by Crippen LogP contribution is -2.41. The molecule has 2 aliphatic heterocycles. The number of piperidine rings is 1. The number of hydrogen-bond donors (Lipinski definition) is 1. The lowest BCUT2D eigenvalue weighted by Gasteiger charge is -2.31. The summed E-state index contributed by atoms with van der Waals surface area (Å²) < 4.78 is 13.5. The zero-order chi connectivity index (χ0) is 22.8. The van der Waals surface area contributed by atoms with Crippen LogP contribution in [0, 0.1) is 18.7 Å². The van der Waals surface area contributed by atoms with Crippen LogP contribution in [0.2, 0.25) is 0 Å². The first-order valence-electron chi connectivity index (χ1n) is 11.9. The SMILES string of the molecule is Cc1nc(N2CCC(C(=O)NCCCN3CCc4ccccc43)CC2)nc2ccc(F)cc12. The van der Waals surface area contributed by atoms with Crippen molar-refractivity contribution in [3.8, 4) is 0 Å². The highest BCUT2D eigenvalue weighted by atomic mass is 19.1. The monoisotopic (exact) mass is 447 g/mol. The van der Waals surface area contributed by atoms with Gasteiger partial charge in [0.1, 0.15) is 5.82 Å². The summed E-state index contributed by atoms with van der Waals surface area (Å²) in [6, 6.07) is 13.2. The molecule has 1 fully saturated rings. The molecule has 33 heavy (non-hydrogen) atoms. The van der Waals surface area contributed by atoms with E-state index in [2.05, 4.69) is 49.4 Å². The first-order valence-corrected chi connectivity index (χ1v) is 11.9. The number of carbonyl (C=O) groups excluding carboxylic acids is 1. The zero-order valence-corrected chi connectivity index (χ0v) is 19.1. The molecule has 2 aromatic carbocycles. The smallest absolute Gasteiger partial charge is 0.226 e. The van der Waals surface area contributed by atoms with E-state index in [1.807, 2.05) is 6.92 Å². The van der Waals surface area contributed by atoms with Crippen LogP contribution in [-0.2, 0) is 11.2 Å². The fraction of sp³-hybridized carbons (Fsp3) is 0.423. The van der Waals surface area contributed by atoms with Crippen molar-refractivity contribution in [1.82, 2.24) is 15.3 Å². The molecule has 3 heterocycles. The predicted molar refractivity (Wildman–Crippen MR) is 129 cm³/mol. The average molecular weight is 448 g/mol. The number of nitrogens with zero attached hydrogens (tertiary/aromatic N) is 4. The lowest BCUT2D eigenvalue weighted by atomic mass is 9.96. The number of nitrogens with one attached hydrogen (secondary N) is 1. The Morgan fingerprint density at radius 1 is 1.12 bits per heavy atom. The van der Waals surface area contributed by atoms with E-state index in [9.17, 15) is 9.18 Å². The van der Waals surface area contributed by atoms with Crippen molar-refractivity contribution in [2.45, 2.75) is 32.6 Å². The normalized spacial score (nSPS) is 16.3. The largest absolute Gasteiger partial charge is 0.371 e. The van der Waals surface area contributed by atoms with Gasteiger partial charge < -0.3 is 15.1 Å². The minimum Gasteiger partial charge on any atom is -0.371 e. The van der Waals surface area contributed by atoms with Gasteiger partial charge in [0.25, 0.3) is 0 Å². The number of halogens is 1.